The Hall–Kier alpha value is -1.30. The number of hydrogen-bond donors (Lipinski definition) is 0. The van der Waals surface area contributed by atoms with E-state index in [9.17, 15) is 0 Å². The topological polar surface area (TPSA) is 27.7 Å². The van der Waals surface area contributed by atoms with Gasteiger partial charge in [-0.15, -0.1) is 0 Å². The van der Waals surface area contributed by atoms with Crippen LogP contribution >= 0.6 is 8.58 Å². The molecule has 0 amide bonds. The van der Waals surface area contributed by atoms with Crippen molar-refractivity contribution in [2.75, 3.05) is 19.8 Å². The van der Waals surface area contributed by atoms with Gasteiger partial charge in [-0.05, 0) is 0 Å². The van der Waals surface area contributed by atoms with Gasteiger partial charge in [0.15, 0.2) is 0 Å². The molecule has 0 saturated heterocycles. The van der Waals surface area contributed by atoms with Crippen LogP contribution in [0, 0.1) is 0 Å². The minimum atomic E-state index is -4.58. The molecule has 3 aromatic carbocycles. The first kappa shape index (κ1) is 28.3. The zero-order valence-electron chi connectivity index (χ0n) is 21.9. The van der Waals surface area contributed by atoms with Crippen molar-refractivity contribution in [2.24, 2.45) is 0 Å². The van der Waals surface area contributed by atoms with Gasteiger partial charge in [0.25, 0.3) is 0 Å². The Labute approximate surface area is 221 Å². The molecular weight excluding hydrogens is 622 g/mol. The van der Waals surface area contributed by atoms with Crippen molar-refractivity contribution in [3.8, 4) is 0 Å². The molecule has 5 heteroatoms. The average molecular weight is 662 g/mol. The summed E-state index contributed by atoms with van der Waals surface area (Å²) in [6.07, 6.45) is 0. The van der Waals surface area contributed by atoms with Gasteiger partial charge in [0.2, 0.25) is 0 Å². The van der Waals surface area contributed by atoms with E-state index in [1.165, 1.54) is 16.7 Å². The van der Waals surface area contributed by atoms with Crippen LogP contribution in [-0.2, 0) is 44.9 Å². The molecule has 0 heterocycles. The number of hydrogen-bond acceptors (Lipinski definition) is 3. The maximum atomic E-state index is 7.18. The monoisotopic (exact) mass is 662 g/mol. The van der Waals surface area contributed by atoms with Crippen LogP contribution < -0.4 is 0 Å². The molecule has 3 aromatic rings. The summed E-state index contributed by atoms with van der Waals surface area (Å²) in [4.78, 5) is 0. The average Bonchev–Trinajstić information content (AvgIpc) is 2.87. The second-order valence-electron chi connectivity index (χ2n) is 11.1. The number of benzene rings is 3. The van der Waals surface area contributed by atoms with Gasteiger partial charge in [0.1, 0.15) is 0 Å². The Kier molecular flexibility index (Phi) is 9.56. The summed E-state index contributed by atoms with van der Waals surface area (Å²) in [7, 11) is 7.18. The van der Waals surface area contributed by atoms with Gasteiger partial charge < -0.3 is 0 Å². The molecule has 188 valence electrons. The van der Waals surface area contributed by atoms with Crippen LogP contribution in [-0.4, -0.2) is 19.8 Å². The van der Waals surface area contributed by atoms with Gasteiger partial charge in [-0.3, -0.25) is 0 Å². The SMILES string of the molecule is CC(C)(C[O][Hf]([Cl])([O]CC(C)(C)c1ccccc1)[O]CC(C)(C)c1ccccc1)c1ccccc1. The minimum absolute atomic E-state index is 0.224. The fraction of sp³-hybridized carbons (Fsp3) is 0.400. The van der Waals surface area contributed by atoms with E-state index in [1.807, 2.05) is 54.6 Å². The molecule has 0 unspecified atom stereocenters. The first-order valence-electron chi connectivity index (χ1n) is 12.2. The molecule has 0 radical (unpaired) electrons. The first-order valence-corrected chi connectivity index (χ1v) is 21.1. The van der Waals surface area contributed by atoms with Gasteiger partial charge in [0.05, 0.1) is 0 Å². The third kappa shape index (κ3) is 8.10. The van der Waals surface area contributed by atoms with Crippen LogP contribution in [0.25, 0.3) is 0 Å². The van der Waals surface area contributed by atoms with Crippen molar-refractivity contribution in [3.05, 3.63) is 108 Å². The van der Waals surface area contributed by atoms with E-state index in [2.05, 4.69) is 77.9 Å². The Balaban J connectivity index is 1.77. The van der Waals surface area contributed by atoms with E-state index in [-0.39, 0.29) is 16.2 Å². The molecule has 0 aliphatic heterocycles. The molecule has 0 aliphatic rings. The normalized spacial score (nSPS) is 13.1. The fourth-order valence-corrected chi connectivity index (χ4v) is 11.8. The molecule has 3 rings (SSSR count). The van der Waals surface area contributed by atoms with Crippen LogP contribution in [0.3, 0.4) is 0 Å². The molecule has 35 heavy (non-hydrogen) atoms. The summed E-state index contributed by atoms with van der Waals surface area (Å²) < 4.78 is 19.4. The van der Waals surface area contributed by atoms with Crippen molar-refractivity contribution >= 4 is 8.58 Å². The Morgan fingerprint density at radius 3 is 0.943 bits per heavy atom. The van der Waals surface area contributed by atoms with Gasteiger partial charge in [-0.1, -0.05) is 0 Å². The summed E-state index contributed by atoms with van der Waals surface area (Å²) in [5.74, 6) is 0. The van der Waals surface area contributed by atoms with E-state index < -0.39 is 20.1 Å². The zero-order chi connectivity index (χ0) is 25.6. The van der Waals surface area contributed by atoms with E-state index in [4.69, 9.17) is 17.1 Å². The molecule has 0 atom stereocenters. The predicted molar refractivity (Wildman–Crippen MR) is 142 cm³/mol. The molecule has 0 aliphatic carbocycles. The van der Waals surface area contributed by atoms with E-state index in [0.29, 0.717) is 19.8 Å². The molecule has 3 nitrogen and oxygen atoms in total. The summed E-state index contributed by atoms with van der Waals surface area (Å²) >= 11 is -4.58. The van der Waals surface area contributed by atoms with E-state index in [0.717, 1.165) is 0 Å². The third-order valence-corrected chi connectivity index (χ3v) is 14.4. The molecule has 0 N–H and O–H groups in total. The van der Waals surface area contributed by atoms with Crippen LogP contribution in [0.5, 0.6) is 0 Å². The van der Waals surface area contributed by atoms with Crippen molar-refractivity contribution in [3.63, 3.8) is 0 Å². The van der Waals surface area contributed by atoms with Crippen molar-refractivity contribution in [1.82, 2.24) is 0 Å². The quantitative estimate of drug-likeness (QED) is 0.184. The summed E-state index contributed by atoms with van der Waals surface area (Å²) in [6, 6.07) is 31.1. The van der Waals surface area contributed by atoms with E-state index >= 15 is 0 Å². The Morgan fingerprint density at radius 1 is 0.486 bits per heavy atom. The molecule has 0 fully saturated rings. The van der Waals surface area contributed by atoms with Crippen LogP contribution in [0.2, 0.25) is 0 Å². The first-order chi connectivity index (χ1) is 16.4. The molecule has 0 spiro atoms. The van der Waals surface area contributed by atoms with Gasteiger partial charge in [0, 0.05) is 0 Å². The summed E-state index contributed by atoms with van der Waals surface area (Å²) in [6.45, 7) is 14.3. The predicted octanol–water partition coefficient (Wildman–Crippen LogP) is 8.02. The molecular formula is C30H39ClHfO3. The second kappa shape index (κ2) is 11.8. The number of halogens is 1. The standard InChI is InChI=1S/3C10H13O.ClH.Hf/c3*1-10(2,8-11)9-6-4-3-5-7-9;;/h3*3-7H,8H2,1-2H3;1H;/q3*-1;;+4/p-1. The van der Waals surface area contributed by atoms with Gasteiger partial charge in [-0.2, -0.15) is 0 Å². The summed E-state index contributed by atoms with van der Waals surface area (Å²) in [5, 5.41) is 0. The molecule has 0 aromatic heterocycles. The van der Waals surface area contributed by atoms with Crippen LogP contribution in [0.1, 0.15) is 58.2 Å². The zero-order valence-corrected chi connectivity index (χ0v) is 26.2. The second-order valence-corrected chi connectivity index (χ2v) is 21.5. The van der Waals surface area contributed by atoms with Crippen LogP contribution in [0.4, 0.5) is 0 Å². The van der Waals surface area contributed by atoms with Gasteiger partial charge >= 0.3 is 223 Å². The van der Waals surface area contributed by atoms with Crippen molar-refractivity contribution in [2.45, 2.75) is 57.8 Å². The Morgan fingerprint density at radius 2 is 0.714 bits per heavy atom. The maximum absolute atomic E-state index is 7.18. The van der Waals surface area contributed by atoms with Gasteiger partial charge in [-0.25, -0.2) is 0 Å². The Bertz CT molecular complexity index is 902. The number of rotatable bonds is 12. The fourth-order valence-electron chi connectivity index (χ4n) is 3.84. The third-order valence-electron chi connectivity index (χ3n) is 6.48. The van der Waals surface area contributed by atoms with Crippen molar-refractivity contribution in [1.29, 1.82) is 0 Å². The molecule has 0 bridgehead atoms. The van der Waals surface area contributed by atoms with Crippen LogP contribution in [0.15, 0.2) is 91.0 Å². The van der Waals surface area contributed by atoms with E-state index in [1.54, 1.807) is 0 Å². The molecule has 0 saturated carbocycles. The summed E-state index contributed by atoms with van der Waals surface area (Å²) in [5.41, 5.74) is 2.92. The van der Waals surface area contributed by atoms with Crippen molar-refractivity contribution < 1.29 is 28.7 Å².